The Morgan fingerprint density at radius 1 is 0.328 bits per heavy atom. The average molecular weight is 858 g/mol. The molecule has 0 aromatic heterocycles. The van der Waals surface area contributed by atoms with E-state index in [0.29, 0.717) is 13.0 Å². The lowest BCUT2D eigenvalue weighted by molar-refractivity contribution is -0.143. The first kappa shape index (κ1) is 60.2. The van der Waals surface area contributed by atoms with Crippen LogP contribution in [0.4, 0.5) is 0 Å². The number of ether oxygens (including phenoxy) is 1. The molecule has 0 aromatic rings. The monoisotopic (exact) mass is 857 g/mol. The van der Waals surface area contributed by atoms with Gasteiger partial charge in [-0.1, -0.05) is 315 Å². The summed E-state index contributed by atoms with van der Waals surface area (Å²) >= 11 is 0. The maximum absolute atomic E-state index is 12.1. The Morgan fingerprint density at radius 3 is 0.869 bits per heavy atom. The van der Waals surface area contributed by atoms with Crippen molar-refractivity contribution >= 4 is 5.97 Å². The Morgan fingerprint density at radius 2 is 0.574 bits per heavy atom. The molecule has 0 fully saturated rings. The van der Waals surface area contributed by atoms with E-state index in [4.69, 9.17) is 4.74 Å². The van der Waals surface area contributed by atoms with E-state index in [0.717, 1.165) is 18.8 Å². The largest absolute Gasteiger partial charge is 0.466 e. The third-order valence-corrected chi connectivity index (χ3v) is 13.6. The fourth-order valence-electron chi connectivity index (χ4n) is 9.26. The summed E-state index contributed by atoms with van der Waals surface area (Å²) in [7, 11) is 0. The predicted octanol–water partition coefficient (Wildman–Crippen LogP) is 21.7. The standard InChI is InChI=1S/C59H116O2/c1-4-5-6-7-8-9-10-11-12-13-28-32-35-38-41-44-47-50-53-56-59(60)61-57-54-51-48-45-42-39-36-33-30-27-25-23-21-19-17-15-14-16-18-20-22-24-26-29-31-34-37-40-43-46-49-52-55-58(2)3/h11-12,58H,4-10,13-57H2,1-3H3. The van der Waals surface area contributed by atoms with Crippen molar-refractivity contribution in [2.45, 2.75) is 348 Å². The minimum Gasteiger partial charge on any atom is -0.466 e. The molecule has 61 heavy (non-hydrogen) atoms. The van der Waals surface area contributed by atoms with E-state index in [1.165, 1.54) is 308 Å². The Labute approximate surface area is 386 Å². The highest BCUT2D eigenvalue weighted by atomic mass is 16.5. The Kier molecular flexibility index (Phi) is 54.6. The molecule has 0 N–H and O–H groups in total. The van der Waals surface area contributed by atoms with Crippen molar-refractivity contribution in [3.63, 3.8) is 0 Å². The second kappa shape index (κ2) is 55.3. The van der Waals surface area contributed by atoms with Crippen LogP contribution in [0.25, 0.3) is 0 Å². The second-order valence-corrected chi connectivity index (χ2v) is 20.5. The molecule has 2 heteroatoms. The summed E-state index contributed by atoms with van der Waals surface area (Å²) in [4.78, 5) is 12.1. The molecular formula is C59H116O2. The lowest BCUT2D eigenvalue weighted by Gasteiger charge is -2.06. The highest BCUT2D eigenvalue weighted by Gasteiger charge is 2.03. The molecule has 0 aromatic carbocycles. The van der Waals surface area contributed by atoms with Gasteiger partial charge in [0, 0.05) is 6.42 Å². The minimum atomic E-state index is 0.0296. The zero-order valence-corrected chi connectivity index (χ0v) is 42.8. The number of hydrogen-bond donors (Lipinski definition) is 0. The highest BCUT2D eigenvalue weighted by Crippen LogP contribution is 2.18. The summed E-state index contributed by atoms with van der Waals surface area (Å²) in [5.41, 5.74) is 0. The molecule has 0 unspecified atom stereocenters. The summed E-state index contributed by atoms with van der Waals surface area (Å²) in [5, 5.41) is 0. The molecule has 0 heterocycles. The first-order chi connectivity index (χ1) is 30.2. The van der Waals surface area contributed by atoms with Crippen molar-refractivity contribution in [1.82, 2.24) is 0 Å². The van der Waals surface area contributed by atoms with Gasteiger partial charge in [0.2, 0.25) is 0 Å². The van der Waals surface area contributed by atoms with E-state index in [2.05, 4.69) is 32.9 Å². The maximum Gasteiger partial charge on any atom is 0.305 e. The van der Waals surface area contributed by atoms with Crippen LogP contribution < -0.4 is 0 Å². The number of carbonyl (C=O) groups is 1. The van der Waals surface area contributed by atoms with Gasteiger partial charge in [0.25, 0.3) is 0 Å². The van der Waals surface area contributed by atoms with Gasteiger partial charge in [0.05, 0.1) is 6.61 Å². The van der Waals surface area contributed by atoms with Gasteiger partial charge in [-0.05, 0) is 44.4 Å². The van der Waals surface area contributed by atoms with Crippen LogP contribution in [0.1, 0.15) is 348 Å². The molecule has 0 amide bonds. The fraction of sp³-hybridized carbons (Fsp3) is 0.949. The van der Waals surface area contributed by atoms with Gasteiger partial charge >= 0.3 is 5.97 Å². The van der Waals surface area contributed by atoms with Crippen LogP contribution >= 0.6 is 0 Å². The zero-order valence-electron chi connectivity index (χ0n) is 42.8. The summed E-state index contributed by atoms with van der Waals surface area (Å²) < 4.78 is 5.51. The van der Waals surface area contributed by atoms with E-state index in [1.807, 2.05) is 0 Å². The molecule has 0 rings (SSSR count). The molecule has 0 bridgehead atoms. The van der Waals surface area contributed by atoms with Gasteiger partial charge in [0.1, 0.15) is 0 Å². The van der Waals surface area contributed by atoms with E-state index >= 15 is 0 Å². The number of rotatable bonds is 54. The summed E-state index contributed by atoms with van der Waals surface area (Å²) in [5.74, 6) is 0.919. The first-order valence-electron chi connectivity index (χ1n) is 29.0. The van der Waals surface area contributed by atoms with Gasteiger partial charge in [0.15, 0.2) is 0 Å². The quantitative estimate of drug-likeness (QED) is 0.0346. The Balaban J connectivity index is 3.15. The molecule has 0 radical (unpaired) electrons. The van der Waals surface area contributed by atoms with Crippen molar-refractivity contribution in [3.05, 3.63) is 12.2 Å². The van der Waals surface area contributed by atoms with E-state index < -0.39 is 0 Å². The average Bonchev–Trinajstić information content (AvgIpc) is 3.25. The summed E-state index contributed by atoms with van der Waals surface area (Å²) in [6.45, 7) is 7.62. The molecule has 0 aliphatic heterocycles. The normalized spacial score (nSPS) is 11.8. The third kappa shape index (κ3) is 57.2. The SMILES string of the molecule is CCCCCCCCC=CCCCCCCCCCCCC(=O)OCCCCCCCCCCCCCCCCCCCCCCCCCCCCCCCCCCC(C)C. The van der Waals surface area contributed by atoms with Crippen LogP contribution in [-0.2, 0) is 9.53 Å². The van der Waals surface area contributed by atoms with Crippen LogP contribution in [-0.4, -0.2) is 12.6 Å². The first-order valence-corrected chi connectivity index (χ1v) is 29.0. The van der Waals surface area contributed by atoms with E-state index in [9.17, 15) is 4.79 Å². The number of allylic oxidation sites excluding steroid dienone is 2. The van der Waals surface area contributed by atoms with Crippen LogP contribution in [0.2, 0.25) is 0 Å². The molecule has 364 valence electrons. The van der Waals surface area contributed by atoms with Crippen molar-refractivity contribution in [1.29, 1.82) is 0 Å². The minimum absolute atomic E-state index is 0.0296. The van der Waals surface area contributed by atoms with Crippen LogP contribution in [0.15, 0.2) is 12.2 Å². The zero-order chi connectivity index (χ0) is 44.0. The Bertz CT molecular complexity index is 816. The van der Waals surface area contributed by atoms with Gasteiger partial charge in [-0.15, -0.1) is 0 Å². The third-order valence-electron chi connectivity index (χ3n) is 13.6. The van der Waals surface area contributed by atoms with Gasteiger partial charge < -0.3 is 4.74 Å². The maximum atomic E-state index is 12.1. The molecule has 0 saturated heterocycles. The topological polar surface area (TPSA) is 26.3 Å². The van der Waals surface area contributed by atoms with Crippen LogP contribution in [0, 0.1) is 5.92 Å². The molecule has 0 spiro atoms. The lowest BCUT2D eigenvalue weighted by atomic mass is 10.0. The Hall–Kier alpha value is -0.790. The van der Waals surface area contributed by atoms with Crippen molar-refractivity contribution in [3.8, 4) is 0 Å². The summed E-state index contributed by atoms with van der Waals surface area (Å²) in [6.07, 6.45) is 75.4. The number of esters is 1. The molecule has 0 aliphatic carbocycles. The predicted molar refractivity (Wildman–Crippen MR) is 276 cm³/mol. The molecule has 0 atom stereocenters. The number of carbonyl (C=O) groups excluding carboxylic acids is 1. The van der Waals surface area contributed by atoms with E-state index in [1.54, 1.807) is 0 Å². The van der Waals surface area contributed by atoms with Gasteiger partial charge in [-0.25, -0.2) is 0 Å². The van der Waals surface area contributed by atoms with E-state index in [-0.39, 0.29) is 5.97 Å². The van der Waals surface area contributed by atoms with Crippen molar-refractivity contribution < 1.29 is 9.53 Å². The molecule has 0 saturated carbocycles. The molecule has 2 nitrogen and oxygen atoms in total. The van der Waals surface area contributed by atoms with Crippen LogP contribution in [0.3, 0.4) is 0 Å². The van der Waals surface area contributed by atoms with Gasteiger partial charge in [-0.2, -0.15) is 0 Å². The van der Waals surface area contributed by atoms with Gasteiger partial charge in [-0.3, -0.25) is 4.79 Å². The smallest absolute Gasteiger partial charge is 0.305 e. The van der Waals surface area contributed by atoms with Crippen LogP contribution in [0.5, 0.6) is 0 Å². The lowest BCUT2D eigenvalue weighted by Crippen LogP contribution is -2.05. The highest BCUT2D eigenvalue weighted by molar-refractivity contribution is 5.69. The fourth-order valence-corrected chi connectivity index (χ4v) is 9.26. The number of hydrogen-bond acceptors (Lipinski definition) is 2. The van der Waals surface area contributed by atoms with Crippen molar-refractivity contribution in [2.75, 3.05) is 6.61 Å². The molecule has 0 aliphatic rings. The van der Waals surface area contributed by atoms with Crippen molar-refractivity contribution in [2.24, 2.45) is 5.92 Å². The number of unbranched alkanes of at least 4 members (excludes halogenated alkanes) is 46. The molecular weight excluding hydrogens is 741 g/mol. The summed E-state index contributed by atoms with van der Waals surface area (Å²) in [6, 6.07) is 0. The second-order valence-electron chi connectivity index (χ2n) is 20.5.